The van der Waals surface area contributed by atoms with E-state index in [1.54, 1.807) is 16.9 Å². The molecule has 0 aliphatic heterocycles. The first kappa shape index (κ1) is 10.8. The standard InChI is InChI=1S/C13H9N7/c1-2-9(8-10(3-1)13-16-18-19-17-13)11-4-6-14-12-5-7-15-20(11)12/h1-8H,(H,16,17,18,19). The highest BCUT2D eigenvalue weighted by Crippen LogP contribution is 2.23. The van der Waals surface area contributed by atoms with E-state index < -0.39 is 0 Å². The lowest BCUT2D eigenvalue weighted by Crippen LogP contribution is -1.95. The second-order valence-corrected chi connectivity index (χ2v) is 4.26. The Hall–Kier alpha value is -3.09. The number of hydrogen-bond acceptors (Lipinski definition) is 5. The predicted molar refractivity (Wildman–Crippen MR) is 71.6 cm³/mol. The number of nitrogens with one attached hydrogen (secondary N) is 1. The van der Waals surface area contributed by atoms with Gasteiger partial charge in [0.1, 0.15) is 0 Å². The summed E-state index contributed by atoms with van der Waals surface area (Å²) in [5, 5.41) is 18.2. The lowest BCUT2D eigenvalue weighted by Gasteiger charge is -2.05. The molecule has 0 unspecified atom stereocenters. The molecule has 0 amide bonds. The number of benzene rings is 1. The minimum absolute atomic E-state index is 0.637. The van der Waals surface area contributed by atoms with Crippen molar-refractivity contribution >= 4 is 5.65 Å². The summed E-state index contributed by atoms with van der Waals surface area (Å²) < 4.78 is 1.80. The molecule has 0 saturated heterocycles. The van der Waals surface area contributed by atoms with Crippen molar-refractivity contribution in [1.29, 1.82) is 0 Å². The van der Waals surface area contributed by atoms with Crippen molar-refractivity contribution < 1.29 is 0 Å². The summed E-state index contributed by atoms with van der Waals surface area (Å²) in [6, 6.07) is 11.7. The summed E-state index contributed by atoms with van der Waals surface area (Å²) in [6.07, 6.45) is 3.51. The van der Waals surface area contributed by atoms with E-state index in [-0.39, 0.29) is 0 Å². The summed E-state index contributed by atoms with van der Waals surface area (Å²) in [5.41, 5.74) is 3.73. The Labute approximate surface area is 113 Å². The largest absolute Gasteiger partial charge is 0.239 e. The van der Waals surface area contributed by atoms with E-state index in [0.29, 0.717) is 5.82 Å². The van der Waals surface area contributed by atoms with Crippen LogP contribution < -0.4 is 0 Å². The first-order chi connectivity index (χ1) is 9.92. The van der Waals surface area contributed by atoms with Gasteiger partial charge in [-0.15, -0.1) is 5.10 Å². The zero-order valence-electron chi connectivity index (χ0n) is 10.3. The van der Waals surface area contributed by atoms with E-state index in [2.05, 4.69) is 30.7 Å². The van der Waals surface area contributed by atoms with Crippen LogP contribution in [-0.2, 0) is 0 Å². The Morgan fingerprint density at radius 3 is 2.85 bits per heavy atom. The third-order valence-electron chi connectivity index (χ3n) is 3.07. The van der Waals surface area contributed by atoms with Gasteiger partial charge in [-0.25, -0.2) is 14.6 Å². The third-order valence-corrected chi connectivity index (χ3v) is 3.07. The van der Waals surface area contributed by atoms with E-state index in [1.807, 2.05) is 36.4 Å². The number of fused-ring (bicyclic) bond motifs is 1. The monoisotopic (exact) mass is 263 g/mol. The minimum atomic E-state index is 0.637. The zero-order chi connectivity index (χ0) is 13.4. The van der Waals surface area contributed by atoms with Gasteiger partial charge in [0, 0.05) is 23.4 Å². The Bertz CT molecular complexity index is 863. The highest BCUT2D eigenvalue weighted by atomic mass is 15.5. The number of nitrogens with zero attached hydrogens (tertiary/aromatic N) is 6. The summed E-state index contributed by atoms with van der Waals surface area (Å²) in [5.74, 6) is 0.637. The normalized spacial score (nSPS) is 11.0. The van der Waals surface area contributed by atoms with Crippen molar-refractivity contribution in [2.24, 2.45) is 0 Å². The van der Waals surface area contributed by atoms with E-state index in [4.69, 9.17) is 0 Å². The molecular weight excluding hydrogens is 254 g/mol. The van der Waals surface area contributed by atoms with Gasteiger partial charge in [-0.1, -0.05) is 18.2 Å². The molecule has 0 aliphatic carbocycles. The second-order valence-electron chi connectivity index (χ2n) is 4.26. The van der Waals surface area contributed by atoms with Crippen LogP contribution in [0.15, 0.2) is 48.8 Å². The molecular formula is C13H9N7. The summed E-state index contributed by atoms with van der Waals surface area (Å²) in [7, 11) is 0. The van der Waals surface area contributed by atoms with Crippen molar-refractivity contribution in [1.82, 2.24) is 35.2 Å². The van der Waals surface area contributed by atoms with Crippen molar-refractivity contribution in [2.45, 2.75) is 0 Å². The number of H-pyrrole nitrogens is 1. The molecule has 0 fully saturated rings. The van der Waals surface area contributed by atoms with Gasteiger partial charge in [-0.2, -0.15) is 5.10 Å². The quantitative estimate of drug-likeness (QED) is 0.593. The topological polar surface area (TPSA) is 84.6 Å². The lowest BCUT2D eigenvalue weighted by molar-refractivity contribution is 0.881. The fourth-order valence-corrected chi connectivity index (χ4v) is 2.16. The average molecular weight is 263 g/mol. The van der Waals surface area contributed by atoms with Crippen LogP contribution in [0.25, 0.3) is 28.3 Å². The number of rotatable bonds is 2. The Morgan fingerprint density at radius 2 is 1.95 bits per heavy atom. The van der Waals surface area contributed by atoms with Gasteiger partial charge in [0.2, 0.25) is 0 Å². The van der Waals surface area contributed by atoms with Gasteiger partial charge in [0.15, 0.2) is 11.5 Å². The molecule has 0 saturated carbocycles. The molecule has 0 atom stereocenters. The molecule has 7 nitrogen and oxygen atoms in total. The smallest absolute Gasteiger partial charge is 0.179 e. The lowest BCUT2D eigenvalue weighted by atomic mass is 10.1. The van der Waals surface area contributed by atoms with Crippen LogP contribution in [0.4, 0.5) is 0 Å². The number of tetrazole rings is 1. The fourth-order valence-electron chi connectivity index (χ4n) is 2.16. The molecule has 1 aromatic carbocycles. The zero-order valence-corrected chi connectivity index (χ0v) is 10.3. The number of aromatic amines is 1. The first-order valence-corrected chi connectivity index (χ1v) is 6.05. The molecule has 96 valence electrons. The van der Waals surface area contributed by atoms with Gasteiger partial charge in [0.05, 0.1) is 11.9 Å². The average Bonchev–Trinajstić information content (AvgIpc) is 3.18. The Balaban J connectivity index is 1.91. The first-order valence-electron chi connectivity index (χ1n) is 6.05. The summed E-state index contributed by atoms with van der Waals surface area (Å²) in [6.45, 7) is 0. The highest BCUT2D eigenvalue weighted by Gasteiger charge is 2.07. The molecule has 7 heteroatoms. The van der Waals surface area contributed by atoms with Gasteiger partial charge in [0.25, 0.3) is 0 Å². The molecule has 0 radical (unpaired) electrons. The van der Waals surface area contributed by atoms with Gasteiger partial charge in [-0.3, -0.25) is 0 Å². The van der Waals surface area contributed by atoms with E-state index in [0.717, 1.165) is 22.5 Å². The summed E-state index contributed by atoms with van der Waals surface area (Å²) >= 11 is 0. The van der Waals surface area contributed by atoms with Crippen molar-refractivity contribution in [2.75, 3.05) is 0 Å². The van der Waals surface area contributed by atoms with Crippen LogP contribution in [0.2, 0.25) is 0 Å². The Kier molecular flexibility index (Phi) is 2.28. The molecule has 4 aromatic rings. The number of hydrogen-bond donors (Lipinski definition) is 1. The van der Waals surface area contributed by atoms with E-state index >= 15 is 0 Å². The van der Waals surface area contributed by atoms with Gasteiger partial charge < -0.3 is 0 Å². The van der Waals surface area contributed by atoms with Crippen LogP contribution in [0.1, 0.15) is 0 Å². The van der Waals surface area contributed by atoms with Crippen molar-refractivity contribution in [3.63, 3.8) is 0 Å². The van der Waals surface area contributed by atoms with E-state index in [9.17, 15) is 0 Å². The molecule has 0 aliphatic rings. The van der Waals surface area contributed by atoms with Crippen LogP contribution in [0.3, 0.4) is 0 Å². The molecule has 1 N–H and O–H groups in total. The third kappa shape index (κ3) is 1.64. The molecule has 20 heavy (non-hydrogen) atoms. The van der Waals surface area contributed by atoms with Crippen LogP contribution in [-0.4, -0.2) is 35.2 Å². The van der Waals surface area contributed by atoms with Crippen LogP contribution >= 0.6 is 0 Å². The maximum Gasteiger partial charge on any atom is 0.179 e. The number of aromatic nitrogens is 7. The van der Waals surface area contributed by atoms with Crippen LogP contribution in [0.5, 0.6) is 0 Å². The Morgan fingerprint density at radius 1 is 1.00 bits per heavy atom. The molecule has 0 bridgehead atoms. The predicted octanol–water partition coefficient (Wildman–Crippen LogP) is 1.58. The van der Waals surface area contributed by atoms with Crippen LogP contribution in [0, 0.1) is 0 Å². The maximum atomic E-state index is 4.29. The van der Waals surface area contributed by atoms with Gasteiger partial charge >= 0.3 is 0 Å². The molecule has 3 heterocycles. The highest BCUT2D eigenvalue weighted by molar-refractivity contribution is 5.68. The molecule has 4 rings (SSSR count). The minimum Gasteiger partial charge on any atom is -0.239 e. The van der Waals surface area contributed by atoms with Gasteiger partial charge in [-0.05, 0) is 22.6 Å². The fraction of sp³-hybridized carbons (Fsp3) is 0. The molecule has 0 spiro atoms. The molecule has 3 aromatic heterocycles. The van der Waals surface area contributed by atoms with E-state index in [1.165, 1.54) is 0 Å². The summed E-state index contributed by atoms with van der Waals surface area (Å²) in [4.78, 5) is 4.26. The van der Waals surface area contributed by atoms with Crippen molar-refractivity contribution in [3.05, 3.63) is 48.8 Å². The SMILES string of the molecule is c1cc(-c2nnn[nH]2)cc(-c2ccnc3ccnn23)c1. The second kappa shape index (κ2) is 4.23. The van der Waals surface area contributed by atoms with Crippen molar-refractivity contribution in [3.8, 4) is 22.6 Å². The maximum absolute atomic E-state index is 4.29.